The number of carbonyl (C=O) groups excluding carboxylic acids is 1. The van der Waals surface area contributed by atoms with Gasteiger partial charge in [-0.2, -0.15) is 5.10 Å². The molecule has 156 valence electrons. The predicted octanol–water partition coefficient (Wildman–Crippen LogP) is 3.23. The van der Waals surface area contributed by atoms with Crippen molar-refractivity contribution < 1.29 is 4.79 Å². The zero-order valence-corrected chi connectivity index (χ0v) is 17.7. The van der Waals surface area contributed by atoms with Crippen molar-refractivity contribution in [1.82, 2.24) is 25.3 Å². The van der Waals surface area contributed by atoms with Crippen LogP contribution >= 0.6 is 0 Å². The summed E-state index contributed by atoms with van der Waals surface area (Å²) in [6.45, 7) is 6.53. The largest absolute Gasteiger partial charge is 0.337 e. The molecule has 6 nitrogen and oxygen atoms in total. The van der Waals surface area contributed by atoms with Crippen molar-refractivity contribution in [2.45, 2.75) is 51.5 Å². The highest BCUT2D eigenvalue weighted by Gasteiger charge is 2.25. The number of rotatable bonds is 6. The molecule has 1 fully saturated rings. The maximum Gasteiger partial charge on any atom is 0.317 e. The third-order valence-electron chi connectivity index (χ3n) is 6.48. The van der Waals surface area contributed by atoms with Gasteiger partial charge in [-0.25, -0.2) is 4.79 Å². The summed E-state index contributed by atoms with van der Waals surface area (Å²) in [7, 11) is 1.85. The highest BCUT2D eigenvalue weighted by Crippen LogP contribution is 2.29. The summed E-state index contributed by atoms with van der Waals surface area (Å²) in [4.78, 5) is 16.7. The molecule has 1 aromatic carbocycles. The second kappa shape index (κ2) is 8.99. The first-order valence-corrected chi connectivity index (χ1v) is 10.9. The van der Waals surface area contributed by atoms with Crippen molar-refractivity contribution >= 4 is 6.03 Å². The number of hydrogen-bond acceptors (Lipinski definition) is 3. The quantitative estimate of drug-likeness (QED) is 0.789. The highest BCUT2D eigenvalue weighted by molar-refractivity contribution is 5.73. The van der Waals surface area contributed by atoms with Crippen LogP contribution in [0.2, 0.25) is 0 Å². The Labute approximate surface area is 173 Å². The fourth-order valence-electron chi connectivity index (χ4n) is 4.77. The van der Waals surface area contributed by atoms with Crippen LogP contribution in [-0.2, 0) is 19.4 Å². The van der Waals surface area contributed by atoms with E-state index < -0.39 is 0 Å². The molecule has 1 aliphatic carbocycles. The summed E-state index contributed by atoms with van der Waals surface area (Å²) >= 11 is 0. The number of aryl methyl sites for hydroxylation is 2. The Balaban J connectivity index is 1.21. The van der Waals surface area contributed by atoms with E-state index in [0.717, 1.165) is 38.2 Å². The van der Waals surface area contributed by atoms with Crippen LogP contribution in [0.5, 0.6) is 0 Å². The Morgan fingerprint density at radius 3 is 3.00 bits per heavy atom. The van der Waals surface area contributed by atoms with Gasteiger partial charge < -0.3 is 15.1 Å². The number of urea groups is 1. The molecule has 0 radical (unpaired) electrons. The number of benzene rings is 1. The van der Waals surface area contributed by atoms with E-state index in [-0.39, 0.29) is 6.03 Å². The van der Waals surface area contributed by atoms with Gasteiger partial charge in [-0.1, -0.05) is 24.3 Å². The molecule has 2 aliphatic rings. The molecule has 0 spiro atoms. The van der Waals surface area contributed by atoms with Gasteiger partial charge in [0, 0.05) is 32.4 Å². The Morgan fingerprint density at radius 2 is 2.14 bits per heavy atom. The summed E-state index contributed by atoms with van der Waals surface area (Å²) in [6.07, 6.45) is 5.80. The zero-order chi connectivity index (χ0) is 20.2. The summed E-state index contributed by atoms with van der Waals surface area (Å²) in [6, 6.07) is 8.68. The standard InChI is InChI=1S/C23H33N5O/c1-17-7-3-4-8-19(17)18-11-13-28(15-18)14-12-24-23(29)27(2)16-22-20-9-5-6-10-21(20)25-26-22/h3-4,7-8,18H,5-6,9-16H2,1-2H3,(H,24,29)(H,25,26)/t18-/m0/s1. The number of amides is 2. The van der Waals surface area contributed by atoms with Crippen LogP contribution < -0.4 is 5.32 Å². The van der Waals surface area contributed by atoms with Gasteiger partial charge in [-0.3, -0.25) is 5.10 Å². The van der Waals surface area contributed by atoms with Crippen LogP contribution in [0.15, 0.2) is 24.3 Å². The van der Waals surface area contributed by atoms with E-state index >= 15 is 0 Å². The van der Waals surface area contributed by atoms with Crippen molar-refractivity contribution in [3.05, 3.63) is 52.3 Å². The van der Waals surface area contributed by atoms with Gasteiger partial charge >= 0.3 is 6.03 Å². The number of aromatic amines is 1. The molecule has 1 aliphatic heterocycles. The van der Waals surface area contributed by atoms with Crippen molar-refractivity contribution in [2.75, 3.05) is 33.2 Å². The minimum atomic E-state index is -0.0211. The highest BCUT2D eigenvalue weighted by atomic mass is 16.2. The van der Waals surface area contributed by atoms with Gasteiger partial charge in [0.1, 0.15) is 0 Å². The van der Waals surface area contributed by atoms with Crippen molar-refractivity contribution in [3.63, 3.8) is 0 Å². The van der Waals surface area contributed by atoms with Crippen LogP contribution in [0.1, 0.15) is 53.3 Å². The van der Waals surface area contributed by atoms with Gasteiger partial charge in [0.05, 0.1) is 12.2 Å². The lowest BCUT2D eigenvalue weighted by atomic mass is 9.94. The van der Waals surface area contributed by atoms with Gasteiger partial charge in [-0.15, -0.1) is 0 Å². The Bertz CT molecular complexity index is 846. The molecule has 2 N–H and O–H groups in total. The summed E-state index contributed by atoms with van der Waals surface area (Å²) in [5.41, 5.74) is 6.47. The molecule has 1 aromatic heterocycles. The maximum absolute atomic E-state index is 12.5. The minimum Gasteiger partial charge on any atom is -0.337 e. The van der Waals surface area contributed by atoms with Crippen LogP contribution in [0, 0.1) is 6.92 Å². The molecule has 0 saturated carbocycles. The SMILES string of the molecule is Cc1ccccc1[C@H]1CCN(CCNC(=O)N(C)Cc2n[nH]c3c2CCCC3)C1. The topological polar surface area (TPSA) is 64.3 Å². The number of nitrogens with one attached hydrogen (secondary N) is 2. The molecular weight excluding hydrogens is 362 g/mol. The third-order valence-corrected chi connectivity index (χ3v) is 6.48. The fraction of sp³-hybridized carbons (Fsp3) is 0.565. The van der Waals surface area contributed by atoms with E-state index in [0.29, 0.717) is 19.0 Å². The number of fused-ring (bicyclic) bond motifs is 1. The number of nitrogens with zero attached hydrogens (tertiary/aromatic N) is 3. The predicted molar refractivity (Wildman–Crippen MR) is 115 cm³/mol. The third kappa shape index (κ3) is 4.64. The normalized spacial score (nSPS) is 19.2. The molecule has 4 rings (SSSR count). The second-order valence-electron chi connectivity index (χ2n) is 8.57. The van der Waals surface area contributed by atoms with Crippen molar-refractivity contribution in [1.29, 1.82) is 0 Å². The van der Waals surface area contributed by atoms with E-state index in [1.807, 2.05) is 7.05 Å². The van der Waals surface area contributed by atoms with Crippen molar-refractivity contribution in [3.8, 4) is 0 Å². The number of carbonyl (C=O) groups is 1. The van der Waals surface area contributed by atoms with Gasteiger partial charge in [0.2, 0.25) is 0 Å². The fourth-order valence-corrected chi connectivity index (χ4v) is 4.77. The lowest BCUT2D eigenvalue weighted by Crippen LogP contribution is -2.40. The zero-order valence-electron chi connectivity index (χ0n) is 17.7. The van der Waals surface area contributed by atoms with Crippen LogP contribution in [0.3, 0.4) is 0 Å². The molecule has 0 bridgehead atoms. The Hall–Kier alpha value is -2.34. The smallest absolute Gasteiger partial charge is 0.317 e. The maximum atomic E-state index is 12.5. The van der Waals surface area contributed by atoms with E-state index in [4.69, 9.17) is 0 Å². The molecule has 0 unspecified atom stereocenters. The summed E-state index contributed by atoms with van der Waals surface area (Å²) in [5, 5.41) is 10.7. The first kappa shape index (κ1) is 20.0. The van der Waals surface area contributed by atoms with Gasteiger partial charge in [0.25, 0.3) is 0 Å². The van der Waals surface area contributed by atoms with Crippen molar-refractivity contribution in [2.24, 2.45) is 0 Å². The molecular formula is C23H33N5O. The number of aromatic nitrogens is 2. The molecule has 2 heterocycles. The number of likely N-dealkylation sites (tertiary alicyclic amines) is 1. The van der Waals surface area contributed by atoms with E-state index in [1.165, 1.54) is 41.6 Å². The molecule has 2 amide bonds. The van der Waals surface area contributed by atoms with E-state index in [9.17, 15) is 4.79 Å². The molecule has 2 aromatic rings. The second-order valence-corrected chi connectivity index (χ2v) is 8.57. The molecule has 6 heteroatoms. The molecule has 1 atom stereocenters. The summed E-state index contributed by atoms with van der Waals surface area (Å²) in [5.74, 6) is 0.611. The number of hydrogen-bond donors (Lipinski definition) is 2. The van der Waals surface area contributed by atoms with Crippen LogP contribution in [-0.4, -0.2) is 59.3 Å². The van der Waals surface area contributed by atoms with Crippen LogP contribution in [0.25, 0.3) is 0 Å². The van der Waals surface area contributed by atoms with E-state index in [1.54, 1.807) is 4.90 Å². The lowest BCUT2D eigenvalue weighted by Gasteiger charge is -2.21. The average Bonchev–Trinajstić information content (AvgIpc) is 3.36. The molecule has 29 heavy (non-hydrogen) atoms. The van der Waals surface area contributed by atoms with Gasteiger partial charge in [-0.05, 0) is 68.2 Å². The minimum absolute atomic E-state index is 0.0211. The monoisotopic (exact) mass is 395 g/mol. The number of H-pyrrole nitrogens is 1. The average molecular weight is 396 g/mol. The Kier molecular flexibility index (Phi) is 6.19. The lowest BCUT2D eigenvalue weighted by molar-refractivity contribution is 0.204. The van der Waals surface area contributed by atoms with Gasteiger partial charge in [0.15, 0.2) is 0 Å². The first-order valence-electron chi connectivity index (χ1n) is 10.9. The van der Waals surface area contributed by atoms with Crippen LogP contribution in [0.4, 0.5) is 4.79 Å². The Morgan fingerprint density at radius 1 is 1.31 bits per heavy atom. The van der Waals surface area contributed by atoms with E-state index in [2.05, 4.69) is 51.6 Å². The first-order chi connectivity index (χ1) is 14.1. The summed E-state index contributed by atoms with van der Waals surface area (Å²) < 4.78 is 0. The molecule has 1 saturated heterocycles.